The van der Waals surface area contributed by atoms with Gasteiger partial charge in [0, 0.05) is 6.54 Å². The van der Waals surface area contributed by atoms with Crippen LogP contribution in [0.1, 0.15) is 26.7 Å². The average molecular weight is 228 g/mol. The Balaban J connectivity index is 2.35. The number of carbonyl (C=O) groups is 2. The molecule has 1 amide bonds. The highest BCUT2D eigenvalue weighted by Crippen LogP contribution is 2.16. The summed E-state index contributed by atoms with van der Waals surface area (Å²) < 4.78 is 0. The van der Waals surface area contributed by atoms with Gasteiger partial charge in [-0.05, 0) is 25.3 Å². The van der Waals surface area contributed by atoms with Gasteiger partial charge in [-0.15, -0.1) is 0 Å². The van der Waals surface area contributed by atoms with E-state index in [1.807, 2.05) is 13.8 Å². The molecule has 16 heavy (non-hydrogen) atoms. The van der Waals surface area contributed by atoms with Crippen molar-refractivity contribution >= 4 is 11.9 Å². The van der Waals surface area contributed by atoms with Crippen molar-refractivity contribution in [2.24, 2.45) is 5.92 Å². The van der Waals surface area contributed by atoms with Crippen LogP contribution in [-0.2, 0) is 9.59 Å². The fourth-order valence-electron chi connectivity index (χ4n) is 1.85. The third-order valence-electron chi connectivity index (χ3n) is 2.70. The lowest BCUT2D eigenvalue weighted by molar-refractivity contribution is -0.142. The molecule has 0 aromatic rings. The monoisotopic (exact) mass is 228 g/mol. The number of hydrogen-bond acceptors (Lipinski definition) is 3. The number of carboxylic acid groups (broad SMARTS) is 1. The Hall–Kier alpha value is -1.10. The van der Waals surface area contributed by atoms with Crippen molar-refractivity contribution in [1.29, 1.82) is 0 Å². The van der Waals surface area contributed by atoms with E-state index < -0.39 is 12.0 Å². The summed E-state index contributed by atoms with van der Waals surface area (Å²) in [6, 6.07) is -0.482. The van der Waals surface area contributed by atoms with Gasteiger partial charge in [-0.2, -0.15) is 0 Å². The van der Waals surface area contributed by atoms with Gasteiger partial charge in [0.15, 0.2) is 0 Å². The van der Waals surface area contributed by atoms with E-state index in [9.17, 15) is 9.59 Å². The van der Waals surface area contributed by atoms with E-state index in [1.54, 1.807) is 4.90 Å². The number of nitrogens with one attached hydrogen (secondary N) is 1. The first-order valence-corrected chi connectivity index (χ1v) is 5.74. The molecule has 0 saturated carbocycles. The lowest BCUT2D eigenvalue weighted by atomic mass is 10.2. The number of amides is 1. The van der Waals surface area contributed by atoms with Gasteiger partial charge in [-0.1, -0.05) is 13.8 Å². The van der Waals surface area contributed by atoms with E-state index in [2.05, 4.69) is 5.32 Å². The molecule has 0 unspecified atom stereocenters. The van der Waals surface area contributed by atoms with E-state index in [4.69, 9.17) is 5.11 Å². The van der Waals surface area contributed by atoms with Crippen LogP contribution in [0.15, 0.2) is 0 Å². The fraction of sp³-hybridized carbons (Fsp3) is 0.818. The second-order valence-corrected chi connectivity index (χ2v) is 4.66. The molecule has 1 rings (SSSR count). The molecule has 92 valence electrons. The summed E-state index contributed by atoms with van der Waals surface area (Å²) in [6.45, 7) is 5.59. The summed E-state index contributed by atoms with van der Waals surface area (Å²) in [7, 11) is 0. The molecule has 0 bridgehead atoms. The highest BCUT2D eigenvalue weighted by atomic mass is 16.4. The lowest BCUT2D eigenvalue weighted by Crippen LogP contribution is -2.43. The number of carboxylic acids is 1. The highest BCUT2D eigenvalue weighted by Gasteiger charge is 2.31. The molecule has 1 aliphatic rings. The van der Waals surface area contributed by atoms with Crippen LogP contribution >= 0.6 is 0 Å². The van der Waals surface area contributed by atoms with Gasteiger partial charge >= 0.3 is 5.97 Å². The first kappa shape index (κ1) is 13.0. The molecule has 1 heterocycles. The smallest absolute Gasteiger partial charge is 0.320 e. The van der Waals surface area contributed by atoms with E-state index in [1.165, 1.54) is 0 Å². The molecule has 0 aromatic heterocycles. The molecule has 5 nitrogen and oxygen atoms in total. The van der Waals surface area contributed by atoms with Gasteiger partial charge in [0.1, 0.15) is 6.04 Å². The zero-order chi connectivity index (χ0) is 12.1. The number of hydrogen-bond donors (Lipinski definition) is 2. The first-order valence-electron chi connectivity index (χ1n) is 5.74. The lowest BCUT2D eigenvalue weighted by Gasteiger charge is -2.20. The Morgan fingerprint density at radius 2 is 2.19 bits per heavy atom. The second kappa shape index (κ2) is 5.84. The summed E-state index contributed by atoms with van der Waals surface area (Å²) in [5, 5.41) is 11.7. The minimum Gasteiger partial charge on any atom is -0.480 e. The predicted octanol–water partition coefficient (Wildman–Crippen LogP) is 0.308. The quantitative estimate of drug-likeness (QED) is 0.710. The van der Waals surface area contributed by atoms with Crippen molar-refractivity contribution in [3.63, 3.8) is 0 Å². The van der Waals surface area contributed by atoms with Crippen LogP contribution < -0.4 is 5.32 Å². The molecule has 1 fully saturated rings. The Morgan fingerprint density at radius 3 is 2.75 bits per heavy atom. The molecule has 5 heteroatoms. The topological polar surface area (TPSA) is 69.6 Å². The molecule has 0 aromatic carbocycles. The molecular weight excluding hydrogens is 208 g/mol. The van der Waals surface area contributed by atoms with Crippen LogP contribution in [0.3, 0.4) is 0 Å². The van der Waals surface area contributed by atoms with Crippen LogP contribution in [0.25, 0.3) is 0 Å². The van der Waals surface area contributed by atoms with Gasteiger partial charge in [0.25, 0.3) is 0 Å². The molecule has 0 aliphatic carbocycles. The largest absolute Gasteiger partial charge is 0.480 e. The summed E-state index contributed by atoms with van der Waals surface area (Å²) in [4.78, 5) is 24.1. The maximum absolute atomic E-state index is 11.5. The fourth-order valence-corrected chi connectivity index (χ4v) is 1.85. The summed E-state index contributed by atoms with van der Waals surface area (Å²) >= 11 is 0. The van der Waals surface area contributed by atoms with Crippen molar-refractivity contribution in [3.05, 3.63) is 0 Å². The number of aliphatic carboxylic acids is 1. The predicted molar refractivity (Wildman–Crippen MR) is 60.1 cm³/mol. The van der Waals surface area contributed by atoms with E-state index in [0.717, 1.165) is 6.42 Å². The van der Waals surface area contributed by atoms with Crippen LogP contribution in [0, 0.1) is 5.92 Å². The minimum atomic E-state index is -0.825. The maximum atomic E-state index is 11.5. The number of nitrogens with zero attached hydrogens (tertiary/aromatic N) is 1. The van der Waals surface area contributed by atoms with Gasteiger partial charge in [0.2, 0.25) is 5.91 Å². The molecule has 0 radical (unpaired) electrons. The summed E-state index contributed by atoms with van der Waals surface area (Å²) in [5.41, 5.74) is 0. The second-order valence-electron chi connectivity index (χ2n) is 4.66. The Kier molecular flexibility index (Phi) is 4.73. The van der Waals surface area contributed by atoms with Crippen LogP contribution in [0.4, 0.5) is 0 Å². The van der Waals surface area contributed by atoms with E-state index in [-0.39, 0.29) is 12.5 Å². The highest BCUT2D eigenvalue weighted by molar-refractivity contribution is 5.80. The number of carbonyl (C=O) groups excluding carboxylic acids is 1. The van der Waals surface area contributed by atoms with E-state index >= 15 is 0 Å². The summed E-state index contributed by atoms with van der Waals surface area (Å²) in [5.74, 6) is -0.492. The van der Waals surface area contributed by atoms with Gasteiger partial charge in [-0.3, -0.25) is 14.5 Å². The van der Waals surface area contributed by atoms with Gasteiger partial charge < -0.3 is 10.4 Å². The average Bonchev–Trinajstić information content (AvgIpc) is 2.62. The Labute approximate surface area is 95.8 Å². The van der Waals surface area contributed by atoms with Gasteiger partial charge in [0.05, 0.1) is 6.54 Å². The molecule has 1 atom stereocenters. The van der Waals surface area contributed by atoms with E-state index in [0.29, 0.717) is 25.4 Å². The molecule has 1 aliphatic heterocycles. The van der Waals surface area contributed by atoms with Crippen molar-refractivity contribution in [3.8, 4) is 0 Å². The van der Waals surface area contributed by atoms with Crippen molar-refractivity contribution < 1.29 is 14.7 Å². The van der Waals surface area contributed by atoms with Crippen LogP contribution in [0.2, 0.25) is 0 Å². The third-order valence-corrected chi connectivity index (χ3v) is 2.70. The maximum Gasteiger partial charge on any atom is 0.320 e. The van der Waals surface area contributed by atoms with Crippen molar-refractivity contribution in [1.82, 2.24) is 10.2 Å². The normalized spacial score (nSPS) is 21.3. The first-order chi connectivity index (χ1) is 7.50. The summed E-state index contributed by atoms with van der Waals surface area (Å²) in [6.07, 6.45) is 1.50. The Bertz CT molecular complexity index is 266. The Morgan fingerprint density at radius 1 is 1.50 bits per heavy atom. The van der Waals surface area contributed by atoms with Crippen LogP contribution in [0.5, 0.6) is 0 Å². The van der Waals surface area contributed by atoms with Gasteiger partial charge in [-0.25, -0.2) is 0 Å². The molecule has 1 saturated heterocycles. The molecular formula is C11H20N2O3. The third kappa shape index (κ3) is 3.81. The zero-order valence-corrected chi connectivity index (χ0v) is 9.90. The van der Waals surface area contributed by atoms with Crippen LogP contribution in [-0.4, -0.2) is 47.6 Å². The molecule has 0 spiro atoms. The van der Waals surface area contributed by atoms with Crippen molar-refractivity contribution in [2.75, 3.05) is 19.6 Å². The standard InChI is InChI=1S/C11H20N2O3/c1-8(2)6-12-10(14)7-13-5-3-4-9(13)11(15)16/h8-9H,3-7H2,1-2H3,(H,12,14)(H,15,16)/t9-/m0/s1. The number of rotatable bonds is 5. The number of likely N-dealkylation sites (tertiary alicyclic amines) is 1. The molecule has 2 N–H and O–H groups in total. The zero-order valence-electron chi connectivity index (χ0n) is 9.90. The SMILES string of the molecule is CC(C)CNC(=O)CN1CCC[C@H]1C(=O)O. The minimum absolute atomic E-state index is 0.0816. The van der Waals surface area contributed by atoms with Crippen molar-refractivity contribution in [2.45, 2.75) is 32.7 Å².